The van der Waals surface area contributed by atoms with Gasteiger partial charge in [0.2, 0.25) is 10.0 Å². The molecule has 0 amide bonds. The highest BCUT2D eigenvalue weighted by Crippen LogP contribution is 2.29. The molecule has 1 atom stereocenters. The van der Waals surface area contributed by atoms with Crippen LogP contribution in [0, 0.1) is 0 Å². The number of anilines is 1. The smallest absolute Gasteiger partial charge is 0.214 e. The molecule has 4 rings (SSSR count). The summed E-state index contributed by atoms with van der Waals surface area (Å²) in [7, 11) is -3.05. The van der Waals surface area contributed by atoms with Crippen LogP contribution in [0.3, 0.4) is 0 Å². The first-order valence-electron chi connectivity index (χ1n) is 7.59. The van der Waals surface area contributed by atoms with E-state index >= 15 is 0 Å². The van der Waals surface area contributed by atoms with E-state index in [1.807, 2.05) is 18.2 Å². The highest BCUT2D eigenvalue weighted by Gasteiger charge is 2.38. The normalized spacial score (nSPS) is 25.1. The predicted octanol–water partition coefficient (Wildman–Crippen LogP) is 1.24. The molecule has 0 radical (unpaired) electrons. The van der Waals surface area contributed by atoms with Crippen LogP contribution in [0.5, 0.6) is 0 Å². The Bertz CT molecular complexity index is 803. The summed E-state index contributed by atoms with van der Waals surface area (Å²) in [5, 5.41) is 1.06. The Morgan fingerprint density at radius 3 is 2.86 bits per heavy atom. The van der Waals surface area contributed by atoms with Crippen molar-refractivity contribution in [2.24, 2.45) is 0 Å². The lowest BCUT2D eigenvalue weighted by Gasteiger charge is -2.23. The third kappa shape index (κ3) is 2.24. The van der Waals surface area contributed by atoms with Gasteiger partial charge in [-0.2, -0.15) is 4.31 Å². The first kappa shape index (κ1) is 13.9. The van der Waals surface area contributed by atoms with Crippen molar-refractivity contribution in [2.75, 3.05) is 30.3 Å². The molecule has 2 fully saturated rings. The maximum Gasteiger partial charge on any atom is 0.214 e. The summed E-state index contributed by atoms with van der Waals surface area (Å²) < 4.78 is 25.9. The second kappa shape index (κ2) is 5.17. The van der Waals surface area contributed by atoms with E-state index in [2.05, 4.69) is 14.9 Å². The lowest BCUT2D eigenvalue weighted by Crippen LogP contribution is -2.38. The van der Waals surface area contributed by atoms with Gasteiger partial charge in [-0.05, 0) is 25.0 Å². The van der Waals surface area contributed by atoms with Gasteiger partial charge in [-0.1, -0.05) is 6.07 Å². The van der Waals surface area contributed by atoms with Crippen molar-refractivity contribution >= 4 is 26.7 Å². The van der Waals surface area contributed by atoms with Crippen molar-refractivity contribution in [1.29, 1.82) is 0 Å². The van der Waals surface area contributed by atoms with Crippen LogP contribution in [0.2, 0.25) is 0 Å². The van der Waals surface area contributed by atoms with E-state index in [9.17, 15) is 8.42 Å². The molecular formula is C15H18N4O2S. The third-order valence-electron chi connectivity index (χ3n) is 4.51. The number of fused-ring (bicyclic) bond motifs is 1. The maximum atomic E-state index is 12.1. The van der Waals surface area contributed by atoms with Gasteiger partial charge in [0, 0.05) is 43.5 Å². The number of hydrogen-bond acceptors (Lipinski definition) is 5. The minimum atomic E-state index is -3.05. The van der Waals surface area contributed by atoms with Crippen molar-refractivity contribution in [3.63, 3.8) is 0 Å². The average Bonchev–Trinajstić information content (AvgIpc) is 3.12. The van der Waals surface area contributed by atoms with Crippen LogP contribution < -0.4 is 4.90 Å². The fraction of sp³-hybridized carbons (Fsp3) is 0.467. The number of nitrogens with zero attached hydrogens (tertiary/aromatic N) is 4. The van der Waals surface area contributed by atoms with Crippen molar-refractivity contribution < 1.29 is 8.42 Å². The molecule has 6 nitrogen and oxygen atoms in total. The summed E-state index contributed by atoms with van der Waals surface area (Å²) in [4.78, 5) is 11.1. The lowest BCUT2D eigenvalue weighted by molar-refractivity contribution is 0.362. The van der Waals surface area contributed by atoms with Gasteiger partial charge in [-0.15, -0.1) is 0 Å². The molecule has 2 saturated heterocycles. The number of rotatable bonds is 2. The summed E-state index contributed by atoms with van der Waals surface area (Å²) in [6.45, 7) is 2.17. The van der Waals surface area contributed by atoms with Crippen LogP contribution in [0.4, 0.5) is 5.82 Å². The van der Waals surface area contributed by atoms with Gasteiger partial charge in [0.1, 0.15) is 5.52 Å². The average molecular weight is 318 g/mol. The first-order chi connectivity index (χ1) is 10.6. The maximum absolute atomic E-state index is 12.1. The van der Waals surface area contributed by atoms with Crippen LogP contribution in [0.1, 0.15) is 12.8 Å². The Kier molecular flexibility index (Phi) is 3.27. The Hall–Kier alpha value is -1.73. The summed E-state index contributed by atoms with van der Waals surface area (Å²) in [5.41, 5.74) is 0.884. The molecule has 4 heterocycles. The molecule has 0 spiro atoms. The van der Waals surface area contributed by atoms with E-state index in [0.717, 1.165) is 36.1 Å². The Labute approximate surface area is 129 Å². The third-order valence-corrected chi connectivity index (χ3v) is 6.51. The van der Waals surface area contributed by atoms with Crippen LogP contribution in [-0.4, -0.2) is 54.1 Å². The number of aromatic nitrogens is 2. The van der Waals surface area contributed by atoms with Crippen LogP contribution >= 0.6 is 0 Å². The largest absolute Gasteiger partial charge is 0.353 e. The van der Waals surface area contributed by atoms with Gasteiger partial charge < -0.3 is 4.90 Å². The molecule has 116 valence electrons. The van der Waals surface area contributed by atoms with E-state index in [1.54, 1.807) is 16.7 Å². The molecule has 7 heteroatoms. The molecule has 2 aliphatic rings. The zero-order valence-corrected chi connectivity index (χ0v) is 13.0. The summed E-state index contributed by atoms with van der Waals surface area (Å²) in [6, 6.07) is 5.94. The fourth-order valence-corrected chi connectivity index (χ4v) is 5.22. The van der Waals surface area contributed by atoms with Crippen LogP contribution in [0.15, 0.2) is 30.6 Å². The molecular weight excluding hydrogens is 300 g/mol. The molecule has 0 bridgehead atoms. The summed E-state index contributed by atoms with van der Waals surface area (Å²) in [6.07, 6.45) is 5.16. The standard InChI is InChI=1S/C15H18N4O2S/c20-22(21)10-2-8-19(22)13-5-9-18(11-13)15-14-12(4-7-17-15)3-1-6-16-14/h1,3-4,6-7,13H,2,5,8-11H2. The molecule has 0 N–H and O–H groups in total. The summed E-state index contributed by atoms with van der Waals surface area (Å²) >= 11 is 0. The van der Waals surface area contributed by atoms with Crippen LogP contribution in [0.25, 0.3) is 10.9 Å². The molecule has 2 aromatic rings. The monoisotopic (exact) mass is 318 g/mol. The second-order valence-electron chi connectivity index (χ2n) is 5.88. The van der Waals surface area contributed by atoms with E-state index in [4.69, 9.17) is 0 Å². The second-order valence-corrected chi connectivity index (χ2v) is 7.92. The Morgan fingerprint density at radius 1 is 1.14 bits per heavy atom. The highest BCUT2D eigenvalue weighted by atomic mass is 32.2. The fourth-order valence-electron chi connectivity index (χ4n) is 3.46. The van der Waals surface area contributed by atoms with Gasteiger partial charge in [0.05, 0.1) is 5.75 Å². The molecule has 2 aromatic heterocycles. The molecule has 0 aromatic carbocycles. The van der Waals surface area contributed by atoms with E-state index in [0.29, 0.717) is 13.1 Å². The quantitative estimate of drug-likeness (QED) is 0.833. The Balaban J connectivity index is 1.62. The predicted molar refractivity (Wildman–Crippen MR) is 85.3 cm³/mol. The summed E-state index contributed by atoms with van der Waals surface area (Å²) in [5.74, 6) is 1.15. The van der Waals surface area contributed by atoms with Crippen LogP contribution in [-0.2, 0) is 10.0 Å². The van der Waals surface area contributed by atoms with Gasteiger partial charge in [0.25, 0.3) is 0 Å². The Morgan fingerprint density at radius 2 is 2.05 bits per heavy atom. The highest BCUT2D eigenvalue weighted by molar-refractivity contribution is 7.89. The van der Waals surface area contributed by atoms with E-state index in [1.165, 1.54) is 0 Å². The minimum absolute atomic E-state index is 0.0632. The molecule has 2 aliphatic heterocycles. The van der Waals surface area contributed by atoms with E-state index < -0.39 is 10.0 Å². The zero-order valence-electron chi connectivity index (χ0n) is 12.2. The SMILES string of the molecule is O=S1(=O)CCCN1C1CCN(c2nccc3cccnc23)C1. The molecule has 0 saturated carbocycles. The minimum Gasteiger partial charge on any atom is -0.353 e. The van der Waals surface area contributed by atoms with Crippen molar-refractivity contribution in [3.8, 4) is 0 Å². The molecule has 1 unspecified atom stereocenters. The van der Waals surface area contributed by atoms with Gasteiger partial charge >= 0.3 is 0 Å². The van der Waals surface area contributed by atoms with Gasteiger partial charge in [-0.3, -0.25) is 4.98 Å². The van der Waals surface area contributed by atoms with E-state index in [-0.39, 0.29) is 11.8 Å². The first-order valence-corrected chi connectivity index (χ1v) is 9.20. The number of hydrogen-bond donors (Lipinski definition) is 0. The van der Waals surface area contributed by atoms with Gasteiger partial charge in [-0.25, -0.2) is 13.4 Å². The number of pyridine rings is 2. The molecule has 0 aliphatic carbocycles. The number of sulfonamides is 1. The topological polar surface area (TPSA) is 66.4 Å². The van der Waals surface area contributed by atoms with Crippen molar-refractivity contribution in [3.05, 3.63) is 30.6 Å². The zero-order chi connectivity index (χ0) is 15.2. The van der Waals surface area contributed by atoms with Gasteiger partial charge in [0.15, 0.2) is 5.82 Å². The molecule has 22 heavy (non-hydrogen) atoms. The van der Waals surface area contributed by atoms with Crippen molar-refractivity contribution in [2.45, 2.75) is 18.9 Å². The van der Waals surface area contributed by atoms with Crippen molar-refractivity contribution in [1.82, 2.24) is 14.3 Å². The lowest BCUT2D eigenvalue weighted by atomic mass is 10.2.